The van der Waals surface area contributed by atoms with Crippen LogP contribution in [0.5, 0.6) is 0 Å². The third-order valence-electron chi connectivity index (χ3n) is 4.85. The maximum absolute atomic E-state index is 6.04. The van der Waals surface area contributed by atoms with Crippen molar-refractivity contribution in [2.75, 3.05) is 37.7 Å². The summed E-state index contributed by atoms with van der Waals surface area (Å²) in [5.41, 5.74) is 6.32. The average molecular weight is 313 g/mol. The van der Waals surface area contributed by atoms with E-state index in [-0.39, 0.29) is 5.54 Å². The van der Waals surface area contributed by atoms with Crippen LogP contribution in [-0.4, -0.2) is 54.1 Å². The lowest BCUT2D eigenvalue weighted by Gasteiger charge is -2.47. The SMILES string of the molecule is CCCCNC(N)=NCC1(N2CCSCC2)CCCCC1. The fourth-order valence-corrected chi connectivity index (χ4v) is 4.41. The van der Waals surface area contributed by atoms with E-state index >= 15 is 0 Å². The van der Waals surface area contributed by atoms with E-state index in [4.69, 9.17) is 10.7 Å². The van der Waals surface area contributed by atoms with Gasteiger partial charge in [-0.1, -0.05) is 32.6 Å². The number of aliphatic imine (C=N–C) groups is 1. The minimum absolute atomic E-state index is 0.288. The van der Waals surface area contributed by atoms with Crippen LogP contribution in [0.4, 0.5) is 0 Å². The molecule has 2 aliphatic rings. The molecular formula is C16H32N4S. The van der Waals surface area contributed by atoms with Gasteiger partial charge < -0.3 is 11.1 Å². The zero-order chi connectivity index (χ0) is 15.0. The molecule has 1 saturated heterocycles. The van der Waals surface area contributed by atoms with Crippen LogP contribution in [0.25, 0.3) is 0 Å². The maximum atomic E-state index is 6.04. The van der Waals surface area contributed by atoms with E-state index in [0.717, 1.165) is 19.5 Å². The Labute approximate surface area is 134 Å². The molecule has 1 aliphatic heterocycles. The third-order valence-corrected chi connectivity index (χ3v) is 5.79. The second-order valence-electron chi connectivity index (χ2n) is 6.37. The highest BCUT2D eigenvalue weighted by molar-refractivity contribution is 7.99. The van der Waals surface area contributed by atoms with E-state index in [9.17, 15) is 0 Å². The molecule has 5 heteroatoms. The highest BCUT2D eigenvalue weighted by atomic mass is 32.2. The quantitative estimate of drug-likeness (QED) is 0.449. The standard InChI is InChI=1S/C16H32N4S/c1-2-3-9-18-15(17)19-14-16(7-5-4-6-8-16)20-10-12-21-13-11-20/h2-14H2,1H3,(H3,17,18,19). The lowest BCUT2D eigenvalue weighted by molar-refractivity contribution is 0.0672. The molecule has 2 fully saturated rings. The van der Waals surface area contributed by atoms with Crippen LogP contribution in [-0.2, 0) is 0 Å². The van der Waals surface area contributed by atoms with Crippen molar-refractivity contribution in [2.45, 2.75) is 57.4 Å². The number of hydrogen-bond donors (Lipinski definition) is 2. The number of nitrogens with zero attached hydrogens (tertiary/aromatic N) is 2. The van der Waals surface area contributed by atoms with Gasteiger partial charge in [0.1, 0.15) is 0 Å². The molecule has 21 heavy (non-hydrogen) atoms. The van der Waals surface area contributed by atoms with Gasteiger partial charge in [0, 0.05) is 36.7 Å². The molecule has 0 bridgehead atoms. The molecule has 0 aromatic heterocycles. The minimum Gasteiger partial charge on any atom is -0.370 e. The van der Waals surface area contributed by atoms with Crippen LogP contribution >= 0.6 is 11.8 Å². The Hall–Kier alpha value is -0.420. The lowest BCUT2D eigenvalue weighted by atomic mass is 9.80. The van der Waals surface area contributed by atoms with Gasteiger partial charge in [-0.2, -0.15) is 11.8 Å². The van der Waals surface area contributed by atoms with Crippen LogP contribution in [0.3, 0.4) is 0 Å². The van der Waals surface area contributed by atoms with Gasteiger partial charge in [0.2, 0.25) is 0 Å². The first-order valence-electron chi connectivity index (χ1n) is 8.63. The highest BCUT2D eigenvalue weighted by Crippen LogP contribution is 2.35. The summed E-state index contributed by atoms with van der Waals surface area (Å²) in [5.74, 6) is 3.19. The number of unbranched alkanes of at least 4 members (excludes halogenated alkanes) is 1. The van der Waals surface area contributed by atoms with Gasteiger partial charge in [-0.05, 0) is 19.3 Å². The van der Waals surface area contributed by atoms with Crippen LogP contribution in [0.15, 0.2) is 4.99 Å². The Morgan fingerprint density at radius 3 is 2.62 bits per heavy atom. The molecule has 2 rings (SSSR count). The van der Waals surface area contributed by atoms with E-state index in [0.29, 0.717) is 5.96 Å². The molecule has 0 amide bonds. The number of thioether (sulfide) groups is 1. The molecule has 1 saturated carbocycles. The van der Waals surface area contributed by atoms with Crippen molar-refractivity contribution in [2.24, 2.45) is 10.7 Å². The number of hydrogen-bond acceptors (Lipinski definition) is 3. The molecule has 0 radical (unpaired) electrons. The summed E-state index contributed by atoms with van der Waals surface area (Å²) < 4.78 is 0. The summed E-state index contributed by atoms with van der Waals surface area (Å²) in [6, 6.07) is 0. The monoisotopic (exact) mass is 312 g/mol. The molecule has 1 heterocycles. The summed E-state index contributed by atoms with van der Waals surface area (Å²) in [6.45, 7) is 6.47. The minimum atomic E-state index is 0.288. The second kappa shape index (κ2) is 8.89. The van der Waals surface area contributed by atoms with E-state index in [2.05, 4.69) is 28.9 Å². The molecule has 4 nitrogen and oxygen atoms in total. The van der Waals surface area contributed by atoms with Gasteiger partial charge in [0.05, 0.1) is 6.54 Å². The second-order valence-corrected chi connectivity index (χ2v) is 7.59. The predicted molar refractivity (Wildman–Crippen MR) is 94.1 cm³/mol. The van der Waals surface area contributed by atoms with Crippen LogP contribution in [0.2, 0.25) is 0 Å². The normalized spacial score (nSPS) is 24.0. The van der Waals surface area contributed by atoms with Crippen molar-refractivity contribution in [3.63, 3.8) is 0 Å². The zero-order valence-electron chi connectivity index (χ0n) is 13.6. The zero-order valence-corrected chi connectivity index (χ0v) is 14.4. The first-order valence-corrected chi connectivity index (χ1v) is 9.79. The Morgan fingerprint density at radius 2 is 1.95 bits per heavy atom. The van der Waals surface area contributed by atoms with Crippen molar-refractivity contribution in [3.05, 3.63) is 0 Å². The molecule has 0 aromatic carbocycles. The van der Waals surface area contributed by atoms with Crippen molar-refractivity contribution in [1.29, 1.82) is 0 Å². The van der Waals surface area contributed by atoms with Crippen LogP contribution in [0, 0.1) is 0 Å². The van der Waals surface area contributed by atoms with Crippen LogP contribution < -0.4 is 11.1 Å². The molecule has 1 aliphatic carbocycles. The molecule has 0 unspecified atom stereocenters. The van der Waals surface area contributed by atoms with Gasteiger partial charge in [-0.3, -0.25) is 9.89 Å². The van der Waals surface area contributed by atoms with Crippen molar-refractivity contribution < 1.29 is 0 Å². The number of guanidine groups is 1. The van der Waals surface area contributed by atoms with E-state index in [1.165, 1.54) is 63.1 Å². The van der Waals surface area contributed by atoms with Gasteiger partial charge in [0.25, 0.3) is 0 Å². The third kappa shape index (κ3) is 5.06. The van der Waals surface area contributed by atoms with Crippen molar-refractivity contribution in [1.82, 2.24) is 10.2 Å². The molecule has 0 atom stereocenters. The Bertz CT molecular complexity index is 320. The van der Waals surface area contributed by atoms with Gasteiger partial charge in [-0.15, -0.1) is 0 Å². The lowest BCUT2D eigenvalue weighted by Crippen LogP contribution is -2.55. The maximum Gasteiger partial charge on any atom is 0.188 e. The predicted octanol–water partition coefficient (Wildman–Crippen LogP) is 2.44. The average Bonchev–Trinajstić information content (AvgIpc) is 2.55. The van der Waals surface area contributed by atoms with Gasteiger partial charge >= 0.3 is 0 Å². The van der Waals surface area contributed by atoms with Gasteiger partial charge in [0.15, 0.2) is 5.96 Å². The van der Waals surface area contributed by atoms with E-state index in [1.807, 2.05) is 0 Å². The largest absolute Gasteiger partial charge is 0.370 e. The molecule has 122 valence electrons. The summed E-state index contributed by atoms with van der Waals surface area (Å²) >= 11 is 2.08. The van der Waals surface area contributed by atoms with Crippen LogP contribution in [0.1, 0.15) is 51.9 Å². The summed E-state index contributed by atoms with van der Waals surface area (Å²) in [6.07, 6.45) is 9.02. The number of rotatable bonds is 6. The summed E-state index contributed by atoms with van der Waals surface area (Å²) in [7, 11) is 0. The molecule has 3 N–H and O–H groups in total. The summed E-state index contributed by atoms with van der Waals surface area (Å²) in [5, 5.41) is 3.25. The highest BCUT2D eigenvalue weighted by Gasteiger charge is 2.38. The van der Waals surface area contributed by atoms with Crippen molar-refractivity contribution >= 4 is 17.7 Å². The van der Waals surface area contributed by atoms with Crippen molar-refractivity contribution in [3.8, 4) is 0 Å². The van der Waals surface area contributed by atoms with E-state index in [1.54, 1.807) is 0 Å². The Kier molecular flexibility index (Phi) is 7.17. The smallest absolute Gasteiger partial charge is 0.188 e. The topological polar surface area (TPSA) is 53.6 Å². The number of nitrogens with two attached hydrogens (primary N) is 1. The Morgan fingerprint density at radius 1 is 1.24 bits per heavy atom. The van der Waals surface area contributed by atoms with Gasteiger partial charge in [-0.25, -0.2) is 0 Å². The fraction of sp³-hybridized carbons (Fsp3) is 0.938. The molecule has 0 aromatic rings. The Balaban J connectivity index is 1.93. The number of nitrogens with one attached hydrogen (secondary N) is 1. The van der Waals surface area contributed by atoms with E-state index < -0.39 is 0 Å². The molecular weight excluding hydrogens is 280 g/mol. The first kappa shape index (κ1) is 16.9. The fourth-order valence-electron chi connectivity index (χ4n) is 3.50. The summed E-state index contributed by atoms with van der Waals surface area (Å²) in [4.78, 5) is 7.42. The first-order chi connectivity index (χ1) is 10.3. The molecule has 0 spiro atoms.